The van der Waals surface area contributed by atoms with E-state index in [1.54, 1.807) is 0 Å². The van der Waals surface area contributed by atoms with Gasteiger partial charge >= 0.3 is 0 Å². The number of rotatable bonds is 7. The van der Waals surface area contributed by atoms with Gasteiger partial charge in [-0.1, -0.05) is 34.6 Å². The molecule has 9 atom stereocenters. The van der Waals surface area contributed by atoms with Crippen molar-refractivity contribution in [1.82, 2.24) is 10.6 Å². The standard InChI is InChI=1S/C27H48N2O2/c1-17(2)29-13-12-28-16-18(3)21-6-7-22-25-23(9-11-27(21,22)5)26(4)10-8-20(30)14-19(26)15-24(25)31/h17-19,21-25,28-29,31H,6-16H2,1-5H3/t18-,19-,21-,22?,23?,24?,25?,26+,27-/m1/s1. The molecule has 4 unspecified atom stereocenters. The molecule has 3 N–H and O–H groups in total. The maximum Gasteiger partial charge on any atom is 0.133 e. The summed E-state index contributed by atoms with van der Waals surface area (Å²) in [5.74, 6) is 4.01. The molecule has 0 aromatic heterocycles. The number of hydrogen-bond donors (Lipinski definition) is 3. The third-order valence-electron chi connectivity index (χ3n) is 10.6. The summed E-state index contributed by atoms with van der Waals surface area (Å²) >= 11 is 0. The number of ketones is 1. The summed E-state index contributed by atoms with van der Waals surface area (Å²) in [5.41, 5.74) is 0.640. The van der Waals surface area contributed by atoms with Crippen molar-refractivity contribution in [3.8, 4) is 0 Å². The highest BCUT2D eigenvalue weighted by molar-refractivity contribution is 5.79. The van der Waals surface area contributed by atoms with Gasteiger partial charge < -0.3 is 15.7 Å². The van der Waals surface area contributed by atoms with Crippen LogP contribution in [0.25, 0.3) is 0 Å². The number of aliphatic hydroxyl groups excluding tert-OH is 1. The van der Waals surface area contributed by atoms with Crippen LogP contribution in [0.1, 0.15) is 86.0 Å². The van der Waals surface area contributed by atoms with Crippen LogP contribution in [-0.4, -0.2) is 42.7 Å². The second kappa shape index (κ2) is 9.06. The first kappa shape index (κ1) is 23.7. The molecule has 4 saturated carbocycles. The first-order valence-corrected chi connectivity index (χ1v) is 13.3. The fourth-order valence-electron chi connectivity index (χ4n) is 8.91. The molecule has 31 heavy (non-hydrogen) atoms. The quantitative estimate of drug-likeness (QED) is 0.522. The number of nitrogens with one attached hydrogen (secondary N) is 2. The average Bonchev–Trinajstić information content (AvgIpc) is 3.06. The fraction of sp³-hybridized carbons (Fsp3) is 0.963. The molecule has 0 bridgehead atoms. The summed E-state index contributed by atoms with van der Waals surface area (Å²) in [6.07, 6.45) is 8.38. The normalized spacial score (nSPS) is 45.8. The van der Waals surface area contributed by atoms with Gasteiger partial charge in [0.05, 0.1) is 6.10 Å². The van der Waals surface area contributed by atoms with Crippen LogP contribution >= 0.6 is 0 Å². The van der Waals surface area contributed by atoms with E-state index in [0.717, 1.165) is 51.2 Å². The largest absolute Gasteiger partial charge is 0.393 e. The number of carbonyl (C=O) groups excluding carboxylic acids is 1. The first-order chi connectivity index (χ1) is 14.7. The molecule has 4 nitrogen and oxygen atoms in total. The van der Waals surface area contributed by atoms with E-state index in [2.05, 4.69) is 45.3 Å². The molecule has 4 fully saturated rings. The topological polar surface area (TPSA) is 61.4 Å². The first-order valence-electron chi connectivity index (χ1n) is 13.3. The molecule has 4 heteroatoms. The average molecular weight is 433 g/mol. The second-order valence-corrected chi connectivity index (χ2v) is 12.6. The molecular formula is C27H48N2O2. The van der Waals surface area contributed by atoms with Gasteiger partial charge in [0.1, 0.15) is 5.78 Å². The molecule has 0 aromatic carbocycles. The molecule has 0 heterocycles. The van der Waals surface area contributed by atoms with E-state index in [0.29, 0.717) is 46.8 Å². The van der Waals surface area contributed by atoms with E-state index >= 15 is 0 Å². The molecule has 0 spiro atoms. The van der Waals surface area contributed by atoms with Crippen LogP contribution in [0.4, 0.5) is 0 Å². The van der Waals surface area contributed by atoms with E-state index in [4.69, 9.17) is 0 Å². The molecule has 0 aromatic rings. The molecule has 178 valence electrons. The minimum Gasteiger partial charge on any atom is -0.393 e. The Hall–Kier alpha value is -0.450. The number of carbonyl (C=O) groups is 1. The van der Waals surface area contributed by atoms with Gasteiger partial charge in [0.2, 0.25) is 0 Å². The van der Waals surface area contributed by atoms with Crippen molar-refractivity contribution in [2.24, 2.45) is 46.3 Å². The van der Waals surface area contributed by atoms with Gasteiger partial charge in [-0.25, -0.2) is 0 Å². The van der Waals surface area contributed by atoms with Crippen LogP contribution in [0.15, 0.2) is 0 Å². The Morgan fingerprint density at radius 1 is 1.03 bits per heavy atom. The van der Waals surface area contributed by atoms with Gasteiger partial charge in [-0.2, -0.15) is 0 Å². The predicted molar refractivity (Wildman–Crippen MR) is 127 cm³/mol. The van der Waals surface area contributed by atoms with E-state index in [1.165, 1.54) is 25.7 Å². The maximum absolute atomic E-state index is 12.1. The van der Waals surface area contributed by atoms with E-state index in [1.807, 2.05) is 0 Å². The Balaban J connectivity index is 1.42. The van der Waals surface area contributed by atoms with Crippen LogP contribution < -0.4 is 10.6 Å². The van der Waals surface area contributed by atoms with Crippen molar-refractivity contribution in [3.05, 3.63) is 0 Å². The Morgan fingerprint density at radius 3 is 2.52 bits per heavy atom. The summed E-state index contributed by atoms with van der Waals surface area (Å²) in [7, 11) is 0. The molecule has 4 aliphatic carbocycles. The highest BCUT2D eigenvalue weighted by Gasteiger charge is 2.62. The number of aliphatic hydroxyl groups is 1. The molecule has 0 radical (unpaired) electrons. The SMILES string of the molecule is CC(C)NCCNC[C@@H](C)[C@H]1CCC2C3C(O)C[C@H]4CC(=O)CC[C@]4(C)C3CC[C@@]21C. The molecule has 4 rings (SSSR count). The molecule has 0 amide bonds. The second-order valence-electron chi connectivity index (χ2n) is 12.6. The van der Waals surface area contributed by atoms with Gasteiger partial charge in [0, 0.05) is 32.0 Å². The monoisotopic (exact) mass is 432 g/mol. The highest BCUT2D eigenvalue weighted by atomic mass is 16.3. The van der Waals surface area contributed by atoms with Crippen molar-refractivity contribution in [2.45, 2.75) is 98.1 Å². The minimum atomic E-state index is -0.201. The lowest BCUT2D eigenvalue weighted by Gasteiger charge is -2.61. The molecule has 0 saturated heterocycles. The molecule has 4 aliphatic rings. The van der Waals surface area contributed by atoms with E-state index < -0.39 is 0 Å². The van der Waals surface area contributed by atoms with E-state index in [9.17, 15) is 9.90 Å². The number of Topliss-reactive ketones (excluding diaryl/α,β-unsaturated/α-hetero) is 1. The lowest BCUT2D eigenvalue weighted by atomic mass is 9.44. The number of fused-ring (bicyclic) bond motifs is 5. The van der Waals surface area contributed by atoms with Crippen molar-refractivity contribution < 1.29 is 9.90 Å². The van der Waals surface area contributed by atoms with E-state index in [-0.39, 0.29) is 11.5 Å². The fourth-order valence-corrected chi connectivity index (χ4v) is 8.91. The predicted octanol–water partition coefficient (Wildman–Crippen LogP) is 4.41. The Bertz CT molecular complexity index is 651. The van der Waals surface area contributed by atoms with Crippen LogP contribution in [0.3, 0.4) is 0 Å². The summed E-state index contributed by atoms with van der Waals surface area (Å²) in [6.45, 7) is 15.1. The van der Waals surface area contributed by atoms with Crippen molar-refractivity contribution in [2.75, 3.05) is 19.6 Å². The number of hydrogen-bond acceptors (Lipinski definition) is 4. The van der Waals surface area contributed by atoms with Gasteiger partial charge in [-0.05, 0) is 91.4 Å². The van der Waals surface area contributed by atoms with Gasteiger partial charge in [-0.15, -0.1) is 0 Å². The third-order valence-corrected chi connectivity index (χ3v) is 10.6. The van der Waals surface area contributed by atoms with Crippen molar-refractivity contribution in [1.29, 1.82) is 0 Å². The van der Waals surface area contributed by atoms with Crippen LogP contribution in [0.2, 0.25) is 0 Å². The maximum atomic E-state index is 12.1. The Kier molecular flexibility index (Phi) is 6.93. The van der Waals surface area contributed by atoms with Gasteiger partial charge in [0.15, 0.2) is 0 Å². The zero-order valence-electron chi connectivity index (χ0n) is 20.8. The molecule has 0 aliphatic heterocycles. The summed E-state index contributed by atoms with van der Waals surface area (Å²) < 4.78 is 0. The zero-order valence-corrected chi connectivity index (χ0v) is 20.8. The van der Waals surface area contributed by atoms with Crippen LogP contribution in [0.5, 0.6) is 0 Å². The van der Waals surface area contributed by atoms with Crippen molar-refractivity contribution in [3.63, 3.8) is 0 Å². The summed E-state index contributed by atoms with van der Waals surface area (Å²) in [5, 5.41) is 18.5. The smallest absolute Gasteiger partial charge is 0.133 e. The van der Waals surface area contributed by atoms with Crippen molar-refractivity contribution >= 4 is 5.78 Å². The minimum absolute atomic E-state index is 0.201. The lowest BCUT2D eigenvalue weighted by molar-refractivity contribution is -0.168. The Morgan fingerprint density at radius 2 is 1.77 bits per heavy atom. The van der Waals surface area contributed by atoms with Crippen LogP contribution in [0, 0.1) is 46.3 Å². The Labute approximate surface area is 190 Å². The van der Waals surface area contributed by atoms with Gasteiger partial charge in [0.25, 0.3) is 0 Å². The van der Waals surface area contributed by atoms with Gasteiger partial charge in [-0.3, -0.25) is 4.79 Å². The lowest BCUT2D eigenvalue weighted by Crippen LogP contribution is -2.58. The summed E-state index contributed by atoms with van der Waals surface area (Å²) in [4.78, 5) is 12.1. The highest BCUT2D eigenvalue weighted by Crippen LogP contribution is 2.68. The van der Waals surface area contributed by atoms with Crippen LogP contribution in [-0.2, 0) is 4.79 Å². The zero-order chi connectivity index (χ0) is 22.4. The summed E-state index contributed by atoms with van der Waals surface area (Å²) in [6, 6.07) is 0.551. The third kappa shape index (κ3) is 4.26. The molecular weight excluding hydrogens is 384 g/mol.